The maximum atomic E-state index is 11.4. The van der Waals surface area contributed by atoms with Crippen molar-refractivity contribution < 1.29 is 8.42 Å². The quantitative estimate of drug-likeness (QED) is 0.664. The molecule has 4 nitrogen and oxygen atoms in total. The maximum Gasteiger partial charge on any atom is 0.214 e. The SMILES string of the molecule is CNCC(C)N1CCCS1(=O)=O. The molecule has 72 valence electrons. The van der Waals surface area contributed by atoms with Gasteiger partial charge in [0, 0.05) is 19.1 Å². The average Bonchev–Trinajstić information content (AvgIpc) is 2.30. The number of rotatable bonds is 3. The molecule has 5 heteroatoms. The van der Waals surface area contributed by atoms with Gasteiger partial charge in [-0.25, -0.2) is 8.42 Å². The van der Waals surface area contributed by atoms with Gasteiger partial charge in [0.05, 0.1) is 5.75 Å². The summed E-state index contributed by atoms with van der Waals surface area (Å²) in [6.45, 7) is 3.34. The van der Waals surface area contributed by atoms with Crippen molar-refractivity contribution in [2.45, 2.75) is 19.4 Å². The minimum atomic E-state index is -2.92. The molecule has 0 aromatic rings. The van der Waals surface area contributed by atoms with Crippen LogP contribution in [0.2, 0.25) is 0 Å². The highest BCUT2D eigenvalue weighted by molar-refractivity contribution is 7.89. The van der Waals surface area contributed by atoms with Crippen molar-refractivity contribution in [1.29, 1.82) is 0 Å². The zero-order valence-electron chi connectivity index (χ0n) is 7.58. The number of hydrogen-bond donors (Lipinski definition) is 1. The summed E-state index contributed by atoms with van der Waals surface area (Å²) in [5.74, 6) is 0.320. The molecule has 1 heterocycles. The summed E-state index contributed by atoms with van der Waals surface area (Å²) >= 11 is 0. The number of nitrogens with one attached hydrogen (secondary N) is 1. The van der Waals surface area contributed by atoms with Gasteiger partial charge in [0.25, 0.3) is 0 Å². The Morgan fingerprint density at radius 2 is 2.25 bits per heavy atom. The van der Waals surface area contributed by atoms with E-state index in [9.17, 15) is 8.42 Å². The highest BCUT2D eigenvalue weighted by Gasteiger charge is 2.31. The fourth-order valence-corrected chi connectivity index (χ4v) is 3.31. The first-order valence-corrected chi connectivity index (χ1v) is 5.83. The van der Waals surface area contributed by atoms with Crippen molar-refractivity contribution >= 4 is 10.0 Å². The van der Waals surface area contributed by atoms with E-state index in [1.807, 2.05) is 14.0 Å². The van der Waals surface area contributed by atoms with Crippen molar-refractivity contribution in [3.63, 3.8) is 0 Å². The second-order valence-corrected chi connectivity index (χ2v) is 5.23. The molecule has 0 radical (unpaired) electrons. The van der Waals surface area contributed by atoms with Crippen LogP contribution in [0.25, 0.3) is 0 Å². The normalized spacial score (nSPS) is 25.8. The Balaban J connectivity index is 2.62. The molecular formula is C7H16N2O2S. The van der Waals surface area contributed by atoms with Crippen molar-refractivity contribution in [2.75, 3.05) is 25.9 Å². The molecule has 0 saturated carbocycles. The monoisotopic (exact) mass is 192 g/mol. The Morgan fingerprint density at radius 1 is 1.58 bits per heavy atom. The van der Waals surface area contributed by atoms with Gasteiger partial charge in [0.15, 0.2) is 0 Å². The number of hydrogen-bond acceptors (Lipinski definition) is 3. The predicted molar refractivity (Wildman–Crippen MR) is 48.5 cm³/mol. The highest BCUT2D eigenvalue weighted by atomic mass is 32.2. The van der Waals surface area contributed by atoms with E-state index in [1.54, 1.807) is 4.31 Å². The minimum Gasteiger partial charge on any atom is -0.318 e. The number of nitrogens with zero attached hydrogens (tertiary/aromatic N) is 1. The van der Waals surface area contributed by atoms with Crippen LogP contribution in [0.3, 0.4) is 0 Å². The molecule has 1 aliphatic rings. The summed E-state index contributed by atoms with van der Waals surface area (Å²) < 4.78 is 24.3. The molecule has 1 aliphatic heterocycles. The summed E-state index contributed by atoms with van der Waals surface area (Å²) in [5.41, 5.74) is 0. The molecule has 12 heavy (non-hydrogen) atoms. The molecule has 0 aromatic heterocycles. The van der Waals surface area contributed by atoms with Gasteiger partial charge in [-0.15, -0.1) is 0 Å². The summed E-state index contributed by atoms with van der Waals surface area (Å²) in [6.07, 6.45) is 0.774. The van der Waals surface area contributed by atoms with Crippen molar-refractivity contribution in [3.8, 4) is 0 Å². The molecule has 1 rings (SSSR count). The first-order chi connectivity index (χ1) is 5.58. The fraction of sp³-hybridized carbons (Fsp3) is 1.00. The van der Waals surface area contributed by atoms with Crippen LogP contribution in [0.1, 0.15) is 13.3 Å². The Hall–Kier alpha value is -0.130. The van der Waals surface area contributed by atoms with Gasteiger partial charge in [-0.05, 0) is 20.4 Å². The Morgan fingerprint density at radius 3 is 2.67 bits per heavy atom. The molecule has 1 saturated heterocycles. The first kappa shape index (κ1) is 9.95. The van der Waals surface area contributed by atoms with Gasteiger partial charge in [-0.2, -0.15) is 4.31 Å². The van der Waals surface area contributed by atoms with Gasteiger partial charge in [0.1, 0.15) is 0 Å². The van der Waals surface area contributed by atoms with E-state index >= 15 is 0 Å². The van der Waals surface area contributed by atoms with E-state index in [4.69, 9.17) is 0 Å². The van der Waals surface area contributed by atoms with Gasteiger partial charge in [0.2, 0.25) is 10.0 Å². The minimum absolute atomic E-state index is 0.0856. The highest BCUT2D eigenvalue weighted by Crippen LogP contribution is 2.16. The lowest BCUT2D eigenvalue weighted by molar-refractivity contribution is 0.353. The lowest BCUT2D eigenvalue weighted by Gasteiger charge is -2.21. The summed E-state index contributed by atoms with van der Waals surface area (Å²) in [5, 5.41) is 2.98. The molecule has 1 N–H and O–H groups in total. The largest absolute Gasteiger partial charge is 0.318 e. The molecule has 0 amide bonds. The first-order valence-electron chi connectivity index (χ1n) is 4.22. The topological polar surface area (TPSA) is 49.4 Å². The molecule has 0 bridgehead atoms. The van der Waals surface area contributed by atoms with E-state index in [-0.39, 0.29) is 6.04 Å². The third-order valence-electron chi connectivity index (χ3n) is 2.13. The second-order valence-electron chi connectivity index (χ2n) is 3.19. The fourth-order valence-electron chi connectivity index (χ4n) is 1.55. The Labute approximate surface area is 74.0 Å². The second kappa shape index (κ2) is 3.72. The molecule has 1 unspecified atom stereocenters. The Bertz CT molecular complexity index is 238. The molecule has 0 spiro atoms. The lowest BCUT2D eigenvalue weighted by Crippen LogP contribution is -2.40. The van der Waals surface area contributed by atoms with Crippen LogP contribution < -0.4 is 5.32 Å². The van der Waals surface area contributed by atoms with Gasteiger partial charge >= 0.3 is 0 Å². The smallest absolute Gasteiger partial charge is 0.214 e. The van der Waals surface area contributed by atoms with E-state index in [0.29, 0.717) is 12.3 Å². The third-order valence-corrected chi connectivity index (χ3v) is 4.19. The summed E-state index contributed by atoms with van der Waals surface area (Å²) in [7, 11) is -1.08. The zero-order valence-corrected chi connectivity index (χ0v) is 8.39. The average molecular weight is 192 g/mol. The predicted octanol–water partition coefficient (Wildman–Crippen LogP) is -0.370. The molecule has 1 fully saturated rings. The van der Waals surface area contributed by atoms with Crippen LogP contribution in [-0.2, 0) is 10.0 Å². The summed E-state index contributed by atoms with van der Waals surface area (Å²) in [6, 6.07) is 0.0856. The number of sulfonamides is 1. The van der Waals surface area contributed by atoms with Crippen LogP contribution in [0.15, 0.2) is 0 Å². The van der Waals surface area contributed by atoms with Crippen LogP contribution in [0.5, 0.6) is 0 Å². The van der Waals surface area contributed by atoms with Crippen molar-refractivity contribution in [3.05, 3.63) is 0 Å². The Kier molecular flexibility index (Phi) is 3.09. The molecule has 1 atom stereocenters. The van der Waals surface area contributed by atoms with Crippen molar-refractivity contribution in [1.82, 2.24) is 9.62 Å². The van der Waals surface area contributed by atoms with Crippen LogP contribution in [-0.4, -0.2) is 44.7 Å². The van der Waals surface area contributed by atoms with E-state index in [1.165, 1.54) is 0 Å². The van der Waals surface area contributed by atoms with Crippen LogP contribution in [0, 0.1) is 0 Å². The molecule has 0 aliphatic carbocycles. The lowest BCUT2D eigenvalue weighted by atomic mass is 10.3. The zero-order chi connectivity index (χ0) is 9.19. The molecular weight excluding hydrogens is 176 g/mol. The number of likely N-dealkylation sites (N-methyl/N-ethyl adjacent to an activating group) is 1. The molecule has 0 aromatic carbocycles. The van der Waals surface area contributed by atoms with Crippen LogP contribution in [0.4, 0.5) is 0 Å². The van der Waals surface area contributed by atoms with E-state index in [2.05, 4.69) is 5.32 Å². The maximum absolute atomic E-state index is 11.4. The summed E-state index contributed by atoms with van der Waals surface area (Å²) in [4.78, 5) is 0. The van der Waals surface area contributed by atoms with Crippen molar-refractivity contribution in [2.24, 2.45) is 0 Å². The van der Waals surface area contributed by atoms with Crippen LogP contribution >= 0.6 is 0 Å². The van der Waals surface area contributed by atoms with Gasteiger partial charge in [-0.3, -0.25) is 0 Å². The van der Waals surface area contributed by atoms with Gasteiger partial charge < -0.3 is 5.32 Å². The van der Waals surface area contributed by atoms with Gasteiger partial charge in [-0.1, -0.05) is 0 Å². The van der Waals surface area contributed by atoms with E-state index < -0.39 is 10.0 Å². The van der Waals surface area contributed by atoms with E-state index in [0.717, 1.165) is 13.0 Å². The third kappa shape index (κ3) is 1.97. The standard InChI is InChI=1S/C7H16N2O2S/c1-7(6-8-2)9-4-3-5-12(9,10)11/h7-8H,3-6H2,1-2H3.